The second-order valence-electron chi connectivity index (χ2n) is 8.54. The number of fused-ring (bicyclic) bond motifs is 1. The fourth-order valence-corrected chi connectivity index (χ4v) is 4.83. The zero-order valence-electron chi connectivity index (χ0n) is 18.2. The highest BCUT2D eigenvalue weighted by Gasteiger charge is 2.48. The molecule has 3 atom stereocenters. The van der Waals surface area contributed by atoms with Crippen LogP contribution in [0.25, 0.3) is 11.3 Å². The number of benzene rings is 2. The Kier molecular flexibility index (Phi) is 5.62. The van der Waals surface area contributed by atoms with Crippen molar-refractivity contribution in [3.8, 4) is 17.1 Å². The minimum absolute atomic E-state index is 0.00471. The van der Waals surface area contributed by atoms with E-state index in [1.807, 2.05) is 0 Å². The summed E-state index contributed by atoms with van der Waals surface area (Å²) in [6.45, 7) is 0.384. The normalized spacial score (nSPS) is 20.4. The van der Waals surface area contributed by atoms with Crippen molar-refractivity contribution in [3.05, 3.63) is 71.7 Å². The fourth-order valence-electron chi connectivity index (χ4n) is 4.83. The Balaban J connectivity index is 1.60. The smallest absolute Gasteiger partial charge is 0.249 e. The van der Waals surface area contributed by atoms with Gasteiger partial charge in [-0.25, -0.2) is 4.98 Å². The molecule has 0 bridgehead atoms. The zero-order valence-corrected chi connectivity index (χ0v) is 18.2. The summed E-state index contributed by atoms with van der Waals surface area (Å²) in [7, 11) is 0. The predicted octanol–water partition coefficient (Wildman–Crippen LogP) is 2.04. The molecule has 0 saturated carbocycles. The van der Waals surface area contributed by atoms with Gasteiger partial charge in [-0.3, -0.25) is 14.4 Å². The first-order valence-electron chi connectivity index (χ1n) is 11.0. The van der Waals surface area contributed by atoms with Crippen LogP contribution in [0.1, 0.15) is 33.8 Å². The van der Waals surface area contributed by atoms with E-state index in [0.717, 1.165) is 5.56 Å². The third-order valence-corrected chi connectivity index (χ3v) is 6.48. The highest BCUT2D eigenvalue weighted by Crippen LogP contribution is 2.35. The number of carbonyl (C=O) groups excluding carboxylic acids is 3. The number of aromatic nitrogens is 1. The van der Waals surface area contributed by atoms with E-state index in [1.54, 1.807) is 41.4 Å². The molecule has 2 aliphatic rings. The topological polar surface area (TPSA) is 136 Å². The number of phenolic OH excluding ortho intramolecular Hbond substituents is 1. The molecule has 0 spiro atoms. The third-order valence-electron chi connectivity index (χ3n) is 6.48. The predicted molar refractivity (Wildman–Crippen MR) is 120 cm³/mol. The second-order valence-corrected chi connectivity index (χ2v) is 8.54. The van der Waals surface area contributed by atoms with E-state index in [-0.39, 0.29) is 42.1 Å². The maximum atomic E-state index is 14.0. The first kappa shape index (κ1) is 21.8. The number of hydrogen-bond donors (Lipinski definition) is 2. The van der Waals surface area contributed by atoms with Gasteiger partial charge in [0.05, 0.1) is 18.2 Å². The largest absolute Gasteiger partial charge is 0.508 e. The summed E-state index contributed by atoms with van der Waals surface area (Å²) in [5.41, 5.74) is 7.76. The lowest BCUT2D eigenvalue weighted by Crippen LogP contribution is -2.44. The molecule has 0 radical (unpaired) electrons. The molecule has 2 fully saturated rings. The Bertz CT molecular complexity index is 1240. The average molecular weight is 461 g/mol. The van der Waals surface area contributed by atoms with Gasteiger partial charge in [0.1, 0.15) is 18.4 Å². The van der Waals surface area contributed by atoms with Gasteiger partial charge in [-0.1, -0.05) is 18.2 Å². The quantitative estimate of drug-likeness (QED) is 0.573. The number of nitrogens with zero attached hydrogens (tertiary/aromatic N) is 2. The van der Waals surface area contributed by atoms with Gasteiger partial charge in [-0.05, 0) is 48.2 Å². The van der Waals surface area contributed by atoms with Crippen molar-refractivity contribution in [1.29, 1.82) is 0 Å². The molecule has 2 saturated heterocycles. The average Bonchev–Trinajstić information content (AvgIpc) is 3.58. The van der Waals surface area contributed by atoms with E-state index >= 15 is 0 Å². The maximum absolute atomic E-state index is 14.0. The van der Waals surface area contributed by atoms with E-state index in [2.05, 4.69) is 4.98 Å². The van der Waals surface area contributed by atoms with Crippen LogP contribution in [-0.4, -0.2) is 57.9 Å². The van der Waals surface area contributed by atoms with Gasteiger partial charge in [0.2, 0.25) is 11.8 Å². The summed E-state index contributed by atoms with van der Waals surface area (Å²) in [6, 6.07) is 10.9. The minimum atomic E-state index is -0.804. The Hall–Kier alpha value is -3.98. The van der Waals surface area contributed by atoms with Gasteiger partial charge in [-0.2, -0.15) is 0 Å². The van der Waals surface area contributed by atoms with Crippen LogP contribution in [-0.2, 0) is 20.7 Å². The van der Waals surface area contributed by atoms with Crippen LogP contribution in [0, 0.1) is 0 Å². The highest BCUT2D eigenvalue weighted by molar-refractivity contribution is 5.99. The number of Topliss-reactive ketones (excluding diaryl/α,β-unsaturated/α-hetero) is 1. The van der Waals surface area contributed by atoms with Crippen LogP contribution in [0.3, 0.4) is 0 Å². The van der Waals surface area contributed by atoms with Crippen LogP contribution < -0.4 is 5.73 Å². The number of ether oxygens (including phenoxy) is 1. The summed E-state index contributed by atoms with van der Waals surface area (Å²) in [4.78, 5) is 44.3. The van der Waals surface area contributed by atoms with E-state index in [4.69, 9.17) is 14.9 Å². The minimum Gasteiger partial charge on any atom is -0.508 e. The number of phenols is 1. The molecular weight excluding hydrogens is 438 g/mol. The van der Waals surface area contributed by atoms with Crippen molar-refractivity contribution in [2.24, 2.45) is 5.73 Å². The van der Waals surface area contributed by atoms with Crippen molar-refractivity contribution in [2.75, 3.05) is 13.2 Å². The molecule has 1 aromatic heterocycles. The van der Waals surface area contributed by atoms with Crippen LogP contribution in [0.5, 0.6) is 5.75 Å². The molecule has 3 N–H and O–H groups in total. The Morgan fingerprint density at radius 3 is 2.71 bits per heavy atom. The number of ketones is 1. The van der Waals surface area contributed by atoms with Crippen LogP contribution in [0.4, 0.5) is 0 Å². The zero-order chi connectivity index (χ0) is 23.8. The Morgan fingerprint density at radius 1 is 1.21 bits per heavy atom. The lowest BCUT2D eigenvalue weighted by Gasteiger charge is -2.28. The number of nitrogens with two attached hydrogens (primary N) is 1. The Morgan fingerprint density at radius 2 is 2.00 bits per heavy atom. The first-order chi connectivity index (χ1) is 16.4. The molecule has 3 aromatic rings. The van der Waals surface area contributed by atoms with Crippen LogP contribution in [0.2, 0.25) is 0 Å². The van der Waals surface area contributed by atoms with Crippen LogP contribution in [0.15, 0.2) is 59.5 Å². The number of primary amides is 1. The Labute approximate surface area is 195 Å². The molecule has 0 aliphatic carbocycles. The van der Waals surface area contributed by atoms with Gasteiger partial charge in [-0.15, -0.1) is 0 Å². The summed E-state index contributed by atoms with van der Waals surface area (Å²) in [5.74, 6) is -1.28. The number of amides is 2. The molecule has 3 unspecified atom stereocenters. The molecule has 5 rings (SSSR count). The molecule has 9 heteroatoms. The van der Waals surface area contributed by atoms with Crippen molar-refractivity contribution in [3.63, 3.8) is 0 Å². The van der Waals surface area contributed by atoms with E-state index in [0.29, 0.717) is 29.9 Å². The third kappa shape index (κ3) is 3.94. The van der Waals surface area contributed by atoms with E-state index in [9.17, 15) is 19.5 Å². The number of hydrogen-bond acceptors (Lipinski definition) is 7. The number of oxazole rings is 1. The number of carbonyl (C=O) groups is 3. The number of aromatic hydroxyl groups is 1. The van der Waals surface area contributed by atoms with Crippen molar-refractivity contribution < 1.29 is 28.6 Å². The molecule has 3 heterocycles. The lowest BCUT2D eigenvalue weighted by molar-refractivity contribution is -0.137. The standard InChI is InChI=1S/C25H23N3O6/c26-24(31)17-6-3-15(22-11-27-13-34-22)10-18(17)19(9-14-1-4-16(29)5-2-14)25(32)28-8-7-21-23(28)20(30)12-33-21/h1-6,10-11,13,19,21,23,29H,7-9,12H2,(H2,26,31). The summed E-state index contributed by atoms with van der Waals surface area (Å²) in [6.07, 6.45) is 3.35. The molecule has 9 nitrogen and oxygen atoms in total. The van der Waals surface area contributed by atoms with Gasteiger partial charge in [0, 0.05) is 17.7 Å². The molecule has 34 heavy (non-hydrogen) atoms. The number of likely N-dealkylation sites (tertiary alicyclic amines) is 1. The van der Waals surface area contributed by atoms with Gasteiger partial charge in [0.15, 0.2) is 17.9 Å². The van der Waals surface area contributed by atoms with E-state index < -0.39 is 17.9 Å². The molecule has 2 amide bonds. The maximum Gasteiger partial charge on any atom is 0.249 e. The molecule has 2 aromatic carbocycles. The van der Waals surface area contributed by atoms with Crippen molar-refractivity contribution in [1.82, 2.24) is 9.88 Å². The first-order valence-corrected chi connectivity index (χ1v) is 11.0. The summed E-state index contributed by atoms with van der Waals surface area (Å²) < 4.78 is 11.0. The second kappa shape index (κ2) is 8.75. The van der Waals surface area contributed by atoms with E-state index in [1.165, 1.54) is 18.5 Å². The fraction of sp³-hybridized carbons (Fsp3) is 0.280. The van der Waals surface area contributed by atoms with Crippen molar-refractivity contribution in [2.45, 2.75) is 30.9 Å². The summed E-state index contributed by atoms with van der Waals surface area (Å²) >= 11 is 0. The molecule has 2 aliphatic heterocycles. The van der Waals surface area contributed by atoms with Crippen molar-refractivity contribution >= 4 is 17.6 Å². The van der Waals surface area contributed by atoms with Gasteiger partial charge >= 0.3 is 0 Å². The molecule has 174 valence electrons. The van der Waals surface area contributed by atoms with Gasteiger partial charge in [0.25, 0.3) is 0 Å². The highest BCUT2D eigenvalue weighted by atomic mass is 16.5. The molecular formula is C25H23N3O6. The summed E-state index contributed by atoms with van der Waals surface area (Å²) in [5, 5.41) is 9.68. The van der Waals surface area contributed by atoms with Crippen LogP contribution >= 0.6 is 0 Å². The van der Waals surface area contributed by atoms with Gasteiger partial charge < -0.3 is 24.9 Å². The monoisotopic (exact) mass is 461 g/mol. The SMILES string of the molecule is NC(=O)c1ccc(-c2cnco2)cc1C(Cc1ccc(O)cc1)C(=O)N1CCC2OCC(=O)C21. The lowest BCUT2D eigenvalue weighted by atomic mass is 9.85. The number of rotatable bonds is 6.